The highest BCUT2D eigenvalue weighted by Gasteiger charge is 2.22. The summed E-state index contributed by atoms with van der Waals surface area (Å²) in [6.45, 7) is 0.233. The van der Waals surface area contributed by atoms with Gasteiger partial charge in [-0.05, 0) is 31.0 Å². The number of nitrogens with one attached hydrogen (secondary N) is 1. The van der Waals surface area contributed by atoms with Crippen LogP contribution in [0.5, 0.6) is 5.75 Å². The van der Waals surface area contributed by atoms with Crippen LogP contribution in [0, 0.1) is 0 Å². The smallest absolute Gasteiger partial charge is 0.341 e. The van der Waals surface area contributed by atoms with Gasteiger partial charge in [0.2, 0.25) is 0 Å². The van der Waals surface area contributed by atoms with E-state index < -0.39 is 12.6 Å². The number of aliphatic carboxylic acids is 1. The molecule has 1 amide bonds. The molecule has 1 saturated heterocycles. The number of thiazole rings is 1. The van der Waals surface area contributed by atoms with Crippen LogP contribution in [0.25, 0.3) is 0 Å². The van der Waals surface area contributed by atoms with Crippen LogP contribution in [0.3, 0.4) is 0 Å². The van der Waals surface area contributed by atoms with Crippen molar-refractivity contribution in [1.29, 1.82) is 0 Å². The number of carboxylic acid groups (broad SMARTS) is 1. The highest BCUT2D eigenvalue weighted by atomic mass is 35.5. The summed E-state index contributed by atoms with van der Waals surface area (Å²) in [5.41, 5.74) is 0.780. The number of carboxylic acids is 1. The lowest BCUT2D eigenvalue weighted by molar-refractivity contribution is -0.139. The molecular formula is C16H15ClN2O5S. The molecule has 9 heteroatoms. The summed E-state index contributed by atoms with van der Waals surface area (Å²) >= 11 is 7.44. The normalized spacial score (nSPS) is 16.6. The van der Waals surface area contributed by atoms with E-state index in [9.17, 15) is 9.59 Å². The highest BCUT2D eigenvalue weighted by Crippen LogP contribution is 2.31. The fourth-order valence-electron chi connectivity index (χ4n) is 2.34. The molecule has 2 heterocycles. The van der Waals surface area contributed by atoms with Crippen molar-refractivity contribution in [3.05, 3.63) is 39.3 Å². The molecule has 0 bridgehead atoms. The van der Waals surface area contributed by atoms with Crippen molar-refractivity contribution < 1.29 is 24.2 Å². The zero-order chi connectivity index (χ0) is 17.8. The number of amides is 1. The Bertz CT molecular complexity index is 789. The highest BCUT2D eigenvalue weighted by molar-refractivity contribution is 7.09. The topological polar surface area (TPSA) is 97.8 Å². The second-order valence-corrected chi connectivity index (χ2v) is 6.65. The fraction of sp³-hybridized carbons (Fsp3) is 0.312. The fourth-order valence-corrected chi connectivity index (χ4v) is 3.46. The molecule has 7 nitrogen and oxygen atoms in total. The largest absolute Gasteiger partial charge is 0.480 e. The maximum absolute atomic E-state index is 12.3. The van der Waals surface area contributed by atoms with Crippen molar-refractivity contribution in [1.82, 2.24) is 4.98 Å². The summed E-state index contributed by atoms with van der Waals surface area (Å²) in [6.07, 6.45) is 1.90. The zero-order valence-corrected chi connectivity index (χ0v) is 14.6. The number of rotatable bonds is 6. The Morgan fingerprint density at radius 2 is 2.32 bits per heavy atom. The molecule has 0 aliphatic carbocycles. The van der Waals surface area contributed by atoms with E-state index in [1.54, 1.807) is 11.4 Å². The van der Waals surface area contributed by atoms with E-state index in [0.717, 1.165) is 24.5 Å². The quantitative estimate of drug-likeness (QED) is 0.794. The van der Waals surface area contributed by atoms with Gasteiger partial charge in [-0.15, -0.1) is 11.3 Å². The number of halogens is 1. The van der Waals surface area contributed by atoms with Gasteiger partial charge in [0.1, 0.15) is 22.6 Å². The second-order valence-electron chi connectivity index (χ2n) is 5.35. The first-order valence-corrected chi connectivity index (χ1v) is 8.81. The van der Waals surface area contributed by atoms with Gasteiger partial charge in [0.25, 0.3) is 5.91 Å². The Morgan fingerprint density at radius 1 is 1.48 bits per heavy atom. The van der Waals surface area contributed by atoms with E-state index in [4.69, 9.17) is 26.2 Å². The minimum Gasteiger partial charge on any atom is -0.480 e. The van der Waals surface area contributed by atoms with Crippen LogP contribution in [0.15, 0.2) is 23.6 Å². The minimum atomic E-state index is -1.10. The van der Waals surface area contributed by atoms with Crippen LogP contribution in [0.1, 0.15) is 34.4 Å². The average molecular weight is 383 g/mol. The van der Waals surface area contributed by atoms with E-state index in [1.807, 2.05) is 0 Å². The van der Waals surface area contributed by atoms with Crippen molar-refractivity contribution in [2.45, 2.75) is 18.9 Å². The second kappa shape index (κ2) is 7.81. The molecule has 1 aromatic heterocycles. The molecule has 1 aliphatic heterocycles. The molecule has 1 aliphatic rings. The molecule has 3 rings (SSSR count). The Hall–Kier alpha value is -2.16. The first-order chi connectivity index (χ1) is 12.0. The number of benzene rings is 1. The van der Waals surface area contributed by atoms with Crippen molar-refractivity contribution >= 4 is 40.5 Å². The number of carbonyl (C=O) groups excluding carboxylic acids is 1. The number of nitrogens with zero attached hydrogens (tertiary/aromatic N) is 1. The van der Waals surface area contributed by atoms with Crippen molar-refractivity contribution in [2.24, 2.45) is 0 Å². The third kappa shape index (κ3) is 4.47. The van der Waals surface area contributed by atoms with Gasteiger partial charge < -0.3 is 19.9 Å². The van der Waals surface area contributed by atoms with Crippen LogP contribution in [0.2, 0.25) is 5.02 Å². The Labute approximate surface area is 152 Å². The van der Waals surface area contributed by atoms with Gasteiger partial charge in [0, 0.05) is 17.7 Å². The maximum Gasteiger partial charge on any atom is 0.341 e. The van der Waals surface area contributed by atoms with E-state index >= 15 is 0 Å². The van der Waals surface area contributed by atoms with Gasteiger partial charge in [-0.1, -0.05) is 11.6 Å². The molecule has 0 spiro atoms. The standard InChI is InChI=1S/C16H15ClN2O5S/c17-10-6-9(3-4-12(10)24-7-14(20)21)18-15(22)11-8-25-16(19-11)13-2-1-5-23-13/h3-4,6,8,13H,1-2,5,7H2,(H,18,22)(H,20,21). The van der Waals surface area contributed by atoms with Crippen LogP contribution in [-0.2, 0) is 9.53 Å². The van der Waals surface area contributed by atoms with Gasteiger partial charge in [-0.2, -0.15) is 0 Å². The van der Waals surface area contributed by atoms with Crippen molar-refractivity contribution in [3.63, 3.8) is 0 Å². The summed E-state index contributed by atoms with van der Waals surface area (Å²) in [5, 5.41) is 14.0. The number of ether oxygens (including phenoxy) is 2. The summed E-state index contributed by atoms with van der Waals surface area (Å²) in [6, 6.07) is 4.57. The molecule has 25 heavy (non-hydrogen) atoms. The van der Waals surface area contributed by atoms with E-state index in [-0.39, 0.29) is 22.8 Å². The molecule has 132 valence electrons. The third-order valence-corrected chi connectivity index (χ3v) is 4.73. The number of carbonyl (C=O) groups is 2. The molecule has 1 unspecified atom stereocenters. The van der Waals surface area contributed by atoms with E-state index in [1.165, 1.54) is 23.5 Å². The van der Waals surface area contributed by atoms with Gasteiger partial charge in [-0.25, -0.2) is 9.78 Å². The molecular weight excluding hydrogens is 368 g/mol. The summed E-state index contributed by atoms with van der Waals surface area (Å²) in [5.74, 6) is -1.22. The first kappa shape index (κ1) is 17.7. The van der Waals surface area contributed by atoms with Gasteiger partial charge in [0.05, 0.1) is 5.02 Å². The predicted molar refractivity (Wildman–Crippen MR) is 92.6 cm³/mol. The molecule has 1 fully saturated rings. The lowest BCUT2D eigenvalue weighted by Crippen LogP contribution is -2.13. The SMILES string of the molecule is O=C(O)COc1ccc(NC(=O)c2csc(C3CCCO3)n2)cc1Cl. The molecule has 2 N–H and O–H groups in total. The third-order valence-electron chi connectivity index (χ3n) is 3.50. The van der Waals surface area contributed by atoms with Crippen LogP contribution < -0.4 is 10.1 Å². The van der Waals surface area contributed by atoms with E-state index in [0.29, 0.717) is 11.4 Å². The van der Waals surface area contributed by atoms with Crippen LogP contribution >= 0.6 is 22.9 Å². The zero-order valence-electron chi connectivity index (χ0n) is 13.0. The molecule has 1 atom stereocenters. The maximum atomic E-state index is 12.3. The van der Waals surface area contributed by atoms with Gasteiger partial charge in [-0.3, -0.25) is 4.79 Å². The van der Waals surface area contributed by atoms with Gasteiger partial charge >= 0.3 is 5.97 Å². The van der Waals surface area contributed by atoms with Crippen LogP contribution in [0.4, 0.5) is 5.69 Å². The lowest BCUT2D eigenvalue weighted by Gasteiger charge is -2.08. The number of hydrogen-bond acceptors (Lipinski definition) is 6. The first-order valence-electron chi connectivity index (χ1n) is 7.55. The van der Waals surface area contributed by atoms with Crippen molar-refractivity contribution in [3.8, 4) is 5.75 Å². The summed E-state index contributed by atoms with van der Waals surface area (Å²) in [7, 11) is 0. The molecule has 2 aromatic rings. The number of aromatic nitrogens is 1. The Morgan fingerprint density at radius 3 is 3.00 bits per heavy atom. The predicted octanol–water partition coefficient (Wildman–Crippen LogP) is 3.36. The summed E-state index contributed by atoms with van der Waals surface area (Å²) < 4.78 is 10.6. The average Bonchev–Trinajstić information content (AvgIpc) is 3.25. The number of hydrogen-bond donors (Lipinski definition) is 2. The van der Waals surface area contributed by atoms with Crippen molar-refractivity contribution in [2.75, 3.05) is 18.5 Å². The van der Waals surface area contributed by atoms with E-state index in [2.05, 4.69) is 10.3 Å². The monoisotopic (exact) mass is 382 g/mol. The molecule has 1 aromatic carbocycles. The Kier molecular flexibility index (Phi) is 5.52. The van der Waals surface area contributed by atoms with Crippen LogP contribution in [-0.4, -0.2) is 35.2 Å². The lowest BCUT2D eigenvalue weighted by atomic mass is 10.2. The van der Waals surface area contributed by atoms with Gasteiger partial charge in [0.15, 0.2) is 6.61 Å². The number of anilines is 1. The minimum absolute atomic E-state index is 0.0216. The Balaban J connectivity index is 1.64. The summed E-state index contributed by atoms with van der Waals surface area (Å²) in [4.78, 5) is 27.1. The molecule has 0 radical (unpaired) electrons. The molecule has 0 saturated carbocycles.